The van der Waals surface area contributed by atoms with Gasteiger partial charge in [0.2, 0.25) is 11.8 Å². The zero-order valence-electron chi connectivity index (χ0n) is 12.1. The third kappa shape index (κ3) is 4.46. The fraction of sp³-hybridized carbons (Fsp3) is 0.429. The van der Waals surface area contributed by atoms with Crippen LogP contribution in [0, 0.1) is 0 Å². The standard InChI is InChI=1S/C14H20N2O4/c1-9(16-10(2)17)14(18)15-8-11-5-6-12(19-3)13(7-11)20-4/h5-7,9H,8H2,1-4H3,(H,15,18)(H,16,17). The molecule has 0 spiro atoms. The molecular weight excluding hydrogens is 260 g/mol. The molecule has 0 bridgehead atoms. The van der Waals surface area contributed by atoms with Gasteiger partial charge in [0, 0.05) is 13.5 Å². The maximum Gasteiger partial charge on any atom is 0.242 e. The zero-order valence-corrected chi connectivity index (χ0v) is 12.1. The van der Waals surface area contributed by atoms with E-state index in [1.54, 1.807) is 33.3 Å². The molecule has 0 radical (unpaired) electrons. The number of nitrogens with one attached hydrogen (secondary N) is 2. The van der Waals surface area contributed by atoms with E-state index in [0.29, 0.717) is 18.0 Å². The summed E-state index contributed by atoms with van der Waals surface area (Å²) in [6.45, 7) is 3.35. The van der Waals surface area contributed by atoms with Crippen molar-refractivity contribution in [3.05, 3.63) is 23.8 Å². The van der Waals surface area contributed by atoms with Gasteiger partial charge < -0.3 is 20.1 Å². The molecule has 1 aromatic rings. The predicted molar refractivity (Wildman–Crippen MR) is 74.7 cm³/mol. The monoisotopic (exact) mass is 280 g/mol. The summed E-state index contributed by atoms with van der Waals surface area (Å²) in [6.07, 6.45) is 0. The van der Waals surface area contributed by atoms with Crippen LogP contribution in [0.2, 0.25) is 0 Å². The van der Waals surface area contributed by atoms with Crippen LogP contribution in [0.5, 0.6) is 11.5 Å². The molecule has 0 fully saturated rings. The molecule has 0 aliphatic carbocycles. The Hall–Kier alpha value is -2.24. The highest BCUT2D eigenvalue weighted by molar-refractivity contribution is 5.86. The van der Waals surface area contributed by atoms with E-state index in [1.165, 1.54) is 6.92 Å². The molecule has 6 heteroatoms. The summed E-state index contributed by atoms with van der Waals surface area (Å²) in [5, 5.41) is 5.27. The first-order valence-electron chi connectivity index (χ1n) is 6.23. The minimum absolute atomic E-state index is 0.237. The second-order valence-corrected chi connectivity index (χ2v) is 4.33. The van der Waals surface area contributed by atoms with Crippen LogP contribution in [0.3, 0.4) is 0 Å². The Bertz CT molecular complexity index is 488. The summed E-state index contributed by atoms with van der Waals surface area (Å²) in [7, 11) is 3.12. The van der Waals surface area contributed by atoms with Crippen LogP contribution in [0.1, 0.15) is 19.4 Å². The van der Waals surface area contributed by atoms with Crippen molar-refractivity contribution in [1.82, 2.24) is 10.6 Å². The van der Waals surface area contributed by atoms with E-state index in [4.69, 9.17) is 9.47 Å². The Morgan fingerprint density at radius 2 is 1.85 bits per heavy atom. The van der Waals surface area contributed by atoms with E-state index in [0.717, 1.165) is 5.56 Å². The van der Waals surface area contributed by atoms with E-state index in [2.05, 4.69) is 10.6 Å². The third-order valence-corrected chi connectivity index (χ3v) is 2.73. The van der Waals surface area contributed by atoms with E-state index >= 15 is 0 Å². The van der Waals surface area contributed by atoms with Gasteiger partial charge in [-0.3, -0.25) is 9.59 Å². The summed E-state index contributed by atoms with van der Waals surface area (Å²) in [4.78, 5) is 22.6. The maximum atomic E-state index is 11.7. The van der Waals surface area contributed by atoms with Crippen molar-refractivity contribution < 1.29 is 19.1 Å². The SMILES string of the molecule is COc1ccc(CNC(=O)C(C)NC(C)=O)cc1OC. The second-order valence-electron chi connectivity index (χ2n) is 4.33. The number of ether oxygens (including phenoxy) is 2. The van der Waals surface area contributed by atoms with Crippen molar-refractivity contribution in [2.45, 2.75) is 26.4 Å². The molecule has 0 aliphatic rings. The molecule has 0 saturated heterocycles. The van der Waals surface area contributed by atoms with Gasteiger partial charge in [-0.15, -0.1) is 0 Å². The van der Waals surface area contributed by atoms with Crippen LogP contribution in [-0.2, 0) is 16.1 Å². The van der Waals surface area contributed by atoms with Crippen molar-refractivity contribution in [3.8, 4) is 11.5 Å². The molecule has 1 aromatic carbocycles. The molecule has 1 atom stereocenters. The highest BCUT2D eigenvalue weighted by atomic mass is 16.5. The van der Waals surface area contributed by atoms with Crippen LogP contribution >= 0.6 is 0 Å². The molecule has 2 N–H and O–H groups in total. The van der Waals surface area contributed by atoms with E-state index in [9.17, 15) is 9.59 Å². The fourth-order valence-electron chi connectivity index (χ4n) is 1.70. The van der Waals surface area contributed by atoms with E-state index in [1.807, 2.05) is 6.07 Å². The number of carbonyl (C=O) groups excluding carboxylic acids is 2. The van der Waals surface area contributed by atoms with Crippen molar-refractivity contribution in [2.24, 2.45) is 0 Å². The minimum Gasteiger partial charge on any atom is -0.493 e. The highest BCUT2D eigenvalue weighted by Gasteiger charge is 2.13. The lowest BCUT2D eigenvalue weighted by atomic mass is 10.2. The van der Waals surface area contributed by atoms with Gasteiger partial charge in [0.25, 0.3) is 0 Å². The number of rotatable bonds is 6. The first kappa shape index (κ1) is 15.8. The lowest BCUT2D eigenvalue weighted by molar-refractivity contribution is -0.127. The molecule has 0 heterocycles. The van der Waals surface area contributed by atoms with Gasteiger partial charge in [-0.1, -0.05) is 6.07 Å². The average Bonchev–Trinajstić information content (AvgIpc) is 2.43. The molecule has 1 unspecified atom stereocenters. The van der Waals surface area contributed by atoms with Crippen LogP contribution in [-0.4, -0.2) is 32.1 Å². The average molecular weight is 280 g/mol. The molecule has 0 aromatic heterocycles. The number of benzene rings is 1. The Morgan fingerprint density at radius 1 is 1.20 bits per heavy atom. The third-order valence-electron chi connectivity index (χ3n) is 2.73. The van der Waals surface area contributed by atoms with Gasteiger partial charge in [-0.2, -0.15) is 0 Å². The molecule has 0 saturated carbocycles. The van der Waals surface area contributed by atoms with Gasteiger partial charge in [-0.25, -0.2) is 0 Å². The number of hydrogen-bond acceptors (Lipinski definition) is 4. The predicted octanol–water partition coefficient (Wildman–Crippen LogP) is 0.845. The molecule has 1 rings (SSSR count). The van der Waals surface area contributed by atoms with Gasteiger partial charge in [-0.05, 0) is 24.6 Å². The zero-order chi connectivity index (χ0) is 15.1. The summed E-state index contributed by atoms with van der Waals surface area (Å²) in [5.74, 6) is 0.761. The van der Waals surface area contributed by atoms with Gasteiger partial charge >= 0.3 is 0 Å². The smallest absolute Gasteiger partial charge is 0.242 e. The van der Waals surface area contributed by atoms with Crippen LogP contribution in [0.4, 0.5) is 0 Å². The number of carbonyl (C=O) groups is 2. The van der Waals surface area contributed by atoms with Crippen molar-refractivity contribution in [2.75, 3.05) is 14.2 Å². The van der Waals surface area contributed by atoms with E-state index < -0.39 is 6.04 Å². The largest absolute Gasteiger partial charge is 0.493 e. The van der Waals surface area contributed by atoms with Crippen molar-refractivity contribution in [3.63, 3.8) is 0 Å². The Labute approximate surface area is 118 Å². The molecule has 110 valence electrons. The summed E-state index contributed by atoms with van der Waals surface area (Å²) >= 11 is 0. The molecule has 2 amide bonds. The fourth-order valence-corrected chi connectivity index (χ4v) is 1.70. The molecule has 20 heavy (non-hydrogen) atoms. The van der Waals surface area contributed by atoms with E-state index in [-0.39, 0.29) is 11.8 Å². The van der Waals surface area contributed by atoms with Crippen molar-refractivity contribution in [1.29, 1.82) is 0 Å². The Kier molecular flexibility index (Phi) is 5.83. The van der Waals surface area contributed by atoms with Gasteiger partial charge in [0.05, 0.1) is 14.2 Å². The number of hydrogen-bond donors (Lipinski definition) is 2. The highest BCUT2D eigenvalue weighted by Crippen LogP contribution is 2.27. The Morgan fingerprint density at radius 3 is 2.40 bits per heavy atom. The second kappa shape index (κ2) is 7.37. The summed E-state index contributed by atoms with van der Waals surface area (Å²) in [5.41, 5.74) is 0.881. The van der Waals surface area contributed by atoms with Gasteiger partial charge in [0.1, 0.15) is 6.04 Å². The van der Waals surface area contributed by atoms with Crippen LogP contribution in [0.15, 0.2) is 18.2 Å². The molecule has 0 aliphatic heterocycles. The quantitative estimate of drug-likeness (QED) is 0.809. The number of methoxy groups -OCH3 is 2. The van der Waals surface area contributed by atoms with Gasteiger partial charge in [0.15, 0.2) is 11.5 Å². The lowest BCUT2D eigenvalue weighted by Crippen LogP contribution is -2.43. The lowest BCUT2D eigenvalue weighted by Gasteiger charge is -2.14. The topological polar surface area (TPSA) is 76.7 Å². The molecular formula is C14H20N2O4. The summed E-state index contributed by atoms with van der Waals surface area (Å²) in [6, 6.07) is 4.84. The first-order chi connectivity index (χ1) is 9.47. The summed E-state index contributed by atoms with van der Waals surface area (Å²) < 4.78 is 10.3. The van der Waals surface area contributed by atoms with Crippen LogP contribution < -0.4 is 20.1 Å². The maximum absolute atomic E-state index is 11.7. The minimum atomic E-state index is -0.562. The normalized spacial score (nSPS) is 11.4. The number of amides is 2. The molecule has 6 nitrogen and oxygen atoms in total. The Balaban J connectivity index is 2.61. The van der Waals surface area contributed by atoms with Crippen LogP contribution in [0.25, 0.3) is 0 Å². The first-order valence-corrected chi connectivity index (χ1v) is 6.23. The van der Waals surface area contributed by atoms with Crippen molar-refractivity contribution >= 4 is 11.8 Å².